The first-order valence-electron chi connectivity index (χ1n) is 7.71. The average Bonchev–Trinajstić information content (AvgIpc) is 2.48. The summed E-state index contributed by atoms with van der Waals surface area (Å²) < 4.78 is 40.7. The van der Waals surface area contributed by atoms with Gasteiger partial charge < -0.3 is 10.1 Å². The minimum atomic E-state index is -4.64. The minimum absolute atomic E-state index is 0.167. The predicted molar refractivity (Wildman–Crippen MR) is 79.8 cm³/mol. The molecular formula is C16H23F3N2O. The molecular weight excluding hydrogens is 293 g/mol. The highest BCUT2D eigenvalue weighted by atomic mass is 19.4. The van der Waals surface area contributed by atoms with Crippen molar-refractivity contribution in [3.63, 3.8) is 0 Å². The summed E-state index contributed by atoms with van der Waals surface area (Å²) >= 11 is 0. The molecule has 0 saturated carbocycles. The second-order valence-electron chi connectivity index (χ2n) is 5.73. The third kappa shape index (κ3) is 4.61. The van der Waals surface area contributed by atoms with Gasteiger partial charge in [-0.3, -0.25) is 4.90 Å². The number of alkyl halides is 3. The largest absolute Gasteiger partial charge is 0.573 e. The lowest BCUT2D eigenvalue weighted by Crippen LogP contribution is -2.46. The SMILES string of the molecule is CCC(C)[C@H](c1ccc(OC(F)(F)F)cc1)N1CCNCC1. The number of nitrogens with one attached hydrogen (secondary N) is 1. The first-order chi connectivity index (χ1) is 10.4. The maximum absolute atomic E-state index is 12.2. The normalized spacial score (nSPS) is 19.7. The molecule has 0 aromatic heterocycles. The van der Waals surface area contributed by atoms with E-state index < -0.39 is 6.36 Å². The van der Waals surface area contributed by atoms with Crippen LogP contribution in [0, 0.1) is 5.92 Å². The molecule has 1 aliphatic rings. The minimum Gasteiger partial charge on any atom is -0.406 e. The average molecular weight is 316 g/mol. The van der Waals surface area contributed by atoms with Crippen LogP contribution in [-0.2, 0) is 0 Å². The number of nitrogens with zero attached hydrogens (tertiary/aromatic N) is 1. The van der Waals surface area contributed by atoms with Crippen LogP contribution in [0.5, 0.6) is 5.75 Å². The lowest BCUT2D eigenvalue weighted by molar-refractivity contribution is -0.274. The Morgan fingerprint density at radius 3 is 2.27 bits per heavy atom. The highest BCUT2D eigenvalue weighted by molar-refractivity contribution is 5.30. The topological polar surface area (TPSA) is 24.5 Å². The lowest BCUT2D eigenvalue weighted by Gasteiger charge is -2.38. The molecule has 0 radical (unpaired) electrons. The zero-order valence-corrected chi connectivity index (χ0v) is 13.0. The van der Waals surface area contributed by atoms with Crippen molar-refractivity contribution in [2.24, 2.45) is 5.92 Å². The van der Waals surface area contributed by atoms with Crippen molar-refractivity contribution in [1.82, 2.24) is 10.2 Å². The first-order valence-corrected chi connectivity index (χ1v) is 7.71. The Balaban J connectivity index is 2.16. The van der Waals surface area contributed by atoms with Gasteiger partial charge in [-0.05, 0) is 23.6 Å². The Morgan fingerprint density at radius 1 is 1.18 bits per heavy atom. The van der Waals surface area contributed by atoms with E-state index in [9.17, 15) is 13.2 Å². The van der Waals surface area contributed by atoms with E-state index in [1.807, 2.05) is 0 Å². The van der Waals surface area contributed by atoms with Crippen LogP contribution >= 0.6 is 0 Å². The summed E-state index contributed by atoms with van der Waals surface area (Å²) in [5.41, 5.74) is 1.05. The summed E-state index contributed by atoms with van der Waals surface area (Å²) in [5.74, 6) is 0.270. The number of halogens is 3. The summed E-state index contributed by atoms with van der Waals surface area (Å²) in [7, 11) is 0. The molecule has 0 aliphatic carbocycles. The summed E-state index contributed by atoms with van der Waals surface area (Å²) in [6.07, 6.45) is -3.62. The predicted octanol–water partition coefficient (Wildman–Crippen LogP) is 3.58. The van der Waals surface area contributed by atoms with Crippen LogP contribution in [0.1, 0.15) is 31.9 Å². The molecule has 1 aliphatic heterocycles. The number of hydrogen-bond donors (Lipinski definition) is 1. The molecule has 1 aromatic rings. The van der Waals surface area contributed by atoms with Crippen LogP contribution in [0.25, 0.3) is 0 Å². The van der Waals surface area contributed by atoms with Crippen molar-refractivity contribution < 1.29 is 17.9 Å². The Bertz CT molecular complexity index is 455. The molecule has 1 saturated heterocycles. The third-order valence-electron chi connectivity index (χ3n) is 4.18. The van der Waals surface area contributed by atoms with Crippen molar-refractivity contribution in [1.29, 1.82) is 0 Å². The Labute approximate surface area is 129 Å². The Kier molecular flexibility index (Phi) is 5.69. The molecule has 3 nitrogen and oxygen atoms in total. The van der Waals surface area contributed by atoms with Crippen LogP contribution < -0.4 is 10.1 Å². The molecule has 2 atom stereocenters. The third-order valence-corrected chi connectivity index (χ3v) is 4.18. The lowest BCUT2D eigenvalue weighted by atomic mass is 9.90. The summed E-state index contributed by atoms with van der Waals surface area (Å²) in [6.45, 7) is 8.13. The van der Waals surface area contributed by atoms with Crippen molar-refractivity contribution in [3.05, 3.63) is 29.8 Å². The van der Waals surface area contributed by atoms with E-state index in [-0.39, 0.29) is 11.8 Å². The fraction of sp³-hybridized carbons (Fsp3) is 0.625. The number of ether oxygens (including phenoxy) is 1. The van der Waals surface area contributed by atoms with E-state index >= 15 is 0 Å². The van der Waals surface area contributed by atoms with E-state index in [1.54, 1.807) is 12.1 Å². The molecule has 1 unspecified atom stereocenters. The monoisotopic (exact) mass is 316 g/mol. The summed E-state index contributed by atoms with van der Waals surface area (Å²) in [5, 5.41) is 3.33. The fourth-order valence-corrected chi connectivity index (χ4v) is 2.95. The second kappa shape index (κ2) is 7.33. The van der Waals surface area contributed by atoms with Crippen molar-refractivity contribution in [3.8, 4) is 5.75 Å². The van der Waals surface area contributed by atoms with Crippen LogP contribution in [0.2, 0.25) is 0 Å². The van der Waals surface area contributed by atoms with Gasteiger partial charge in [0.05, 0.1) is 0 Å². The molecule has 124 valence electrons. The fourth-order valence-electron chi connectivity index (χ4n) is 2.95. The molecule has 1 heterocycles. The quantitative estimate of drug-likeness (QED) is 0.898. The van der Waals surface area contributed by atoms with E-state index in [2.05, 4.69) is 28.8 Å². The second-order valence-corrected chi connectivity index (χ2v) is 5.73. The number of benzene rings is 1. The van der Waals surface area contributed by atoms with Crippen LogP contribution in [0.4, 0.5) is 13.2 Å². The number of piperazine rings is 1. The molecule has 0 bridgehead atoms. The molecule has 1 N–H and O–H groups in total. The summed E-state index contributed by atoms with van der Waals surface area (Å²) in [4.78, 5) is 2.41. The smallest absolute Gasteiger partial charge is 0.406 e. The van der Waals surface area contributed by atoms with Gasteiger partial charge in [-0.15, -0.1) is 13.2 Å². The first kappa shape index (κ1) is 17.1. The van der Waals surface area contributed by atoms with Gasteiger partial charge in [0, 0.05) is 32.2 Å². The van der Waals surface area contributed by atoms with E-state index in [0.29, 0.717) is 5.92 Å². The molecule has 0 spiro atoms. The van der Waals surface area contributed by atoms with Gasteiger partial charge in [-0.25, -0.2) is 0 Å². The van der Waals surface area contributed by atoms with E-state index in [4.69, 9.17) is 0 Å². The molecule has 2 rings (SSSR count). The highest BCUT2D eigenvalue weighted by Crippen LogP contribution is 2.32. The molecule has 1 aromatic carbocycles. The van der Waals surface area contributed by atoms with Crippen molar-refractivity contribution in [2.75, 3.05) is 26.2 Å². The van der Waals surface area contributed by atoms with Crippen molar-refractivity contribution >= 4 is 0 Å². The van der Waals surface area contributed by atoms with E-state index in [0.717, 1.165) is 38.2 Å². The highest BCUT2D eigenvalue weighted by Gasteiger charge is 2.31. The van der Waals surface area contributed by atoms with Gasteiger partial charge in [0.2, 0.25) is 0 Å². The van der Waals surface area contributed by atoms with Gasteiger partial charge >= 0.3 is 6.36 Å². The van der Waals surface area contributed by atoms with E-state index in [1.165, 1.54) is 12.1 Å². The standard InChI is InChI=1S/C16H23F3N2O/c1-3-12(2)15(21-10-8-20-9-11-21)13-4-6-14(7-5-13)22-16(17,18)19/h4-7,12,15,20H,3,8-11H2,1-2H3/t12?,15-/m1/s1. The maximum atomic E-state index is 12.2. The van der Waals surface area contributed by atoms with Gasteiger partial charge in [0.1, 0.15) is 5.75 Å². The van der Waals surface area contributed by atoms with Crippen LogP contribution in [0.15, 0.2) is 24.3 Å². The zero-order chi connectivity index (χ0) is 16.2. The van der Waals surface area contributed by atoms with Gasteiger partial charge in [-0.1, -0.05) is 32.4 Å². The maximum Gasteiger partial charge on any atom is 0.573 e. The number of rotatable bonds is 5. The van der Waals surface area contributed by atoms with Crippen molar-refractivity contribution in [2.45, 2.75) is 32.7 Å². The molecule has 1 fully saturated rings. The molecule has 0 amide bonds. The Hall–Kier alpha value is -1.27. The van der Waals surface area contributed by atoms with Gasteiger partial charge in [0.25, 0.3) is 0 Å². The summed E-state index contributed by atoms with van der Waals surface area (Å²) in [6, 6.07) is 6.53. The van der Waals surface area contributed by atoms with Crippen LogP contribution in [0.3, 0.4) is 0 Å². The zero-order valence-electron chi connectivity index (χ0n) is 13.0. The Morgan fingerprint density at radius 2 is 1.77 bits per heavy atom. The van der Waals surface area contributed by atoms with Gasteiger partial charge in [-0.2, -0.15) is 0 Å². The molecule has 6 heteroatoms. The number of hydrogen-bond acceptors (Lipinski definition) is 3. The van der Waals surface area contributed by atoms with Crippen LogP contribution in [-0.4, -0.2) is 37.4 Å². The molecule has 22 heavy (non-hydrogen) atoms. The van der Waals surface area contributed by atoms with Gasteiger partial charge in [0.15, 0.2) is 0 Å².